The molecule has 1 aromatic heterocycles. The van der Waals surface area contributed by atoms with Crippen molar-refractivity contribution in [2.24, 2.45) is 0 Å². The predicted molar refractivity (Wildman–Crippen MR) is 88.7 cm³/mol. The Morgan fingerprint density at radius 1 is 1.29 bits per heavy atom. The maximum absolute atomic E-state index is 12.1. The first-order valence-electron chi connectivity index (χ1n) is 8.30. The van der Waals surface area contributed by atoms with Crippen LogP contribution in [0.2, 0.25) is 0 Å². The van der Waals surface area contributed by atoms with Gasteiger partial charge in [-0.2, -0.15) is 4.98 Å². The van der Waals surface area contributed by atoms with Crippen LogP contribution in [-0.2, 0) is 11.2 Å². The lowest BCUT2D eigenvalue weighted by molar-refractivity contribution is -0.131. The van der Waals surface area contributed by atoms with Crippen LogP contribution in [0.4, 0.5) is 0 Å². The van der Waals surface area contributed by atoms with Crippen molar-refractivity contribution >= 4 is 5.91 Å². The zero-order chi connectivity index (χ0) is 16.8. The number of benzene rings is 1. The number of amides is 1. The topological polar surface area (TPSA) is 80.5 Å². The van der Waals surface area contributed by atoms with Gasteiger partial charge in [0.2, 0.25) is 17.6 Å². The molecule has 2 aromatic rings. The summed E-state index contributed by atoms with van der Waals surface area (Å²) in [4.78, 5) is 18.4. The Labute approximate surface area is 141 Å². The largest absolute Gasteiger partial charge is 0.494 e. The van der Waals surface area contributed by atoms with Crippen molar-refractivity contribution in [3.05, 3.63) is 30.2 Å². The number of rotatable bonds is 6. The number of nitrogens with zero attached hydrogens (tertiary/aromatic N) is 3. The highest BCUT2D eigenvalue weighted by atomic mass is 16.5. The molecule has 1 saturated heterocycles. The molecule has 1 aromatic carbocycles. The fraction of sp³-hybridized carbons (Fsp3) is 0.471. The van der Waals surface area contributed by atoms with Gasteiger partial charge in [0.15, 0.2) is 0 Å². The maximum atomic E-state index is 12.1. The van der Waals surface area contributed by atoms with Crippen LogP contribution < -0.4 is 10.1 Å². The molecule has 0 bridgehead atoms. The standard InChI is InChI=1S/C17H22N4O3/c1-2-23-14-5-3-13(4-6-14)17-19-15(24-20-17)7-8-16(22)21-11-9-18-10-12-21/h3-6,18H,2,7-12H2,1H3. The van der Waals surface area contributed by atoms with Crippen molar-refractivity contribution in [2.75, 3.05) is 32.8 Å². The van der Waals surface area contributed by atoms with Gasteiger partial charge in [0, 0.05) is 44.6 Å². The number of ether oxygens (including phenoxy) is 1. The van der Waals surface area contributed by atoms with E-state index < -0.39 is 0 Å². The number of nitrogens with one attached hydrogen (secondary N) is 1. The lowest BCUT2D eigenvalue weighted by Crippen LogP contribution is -2.46. The minimum Gasteiger partial charge on any atom is -0.494 e. The number of aryl methyl sites for hydroxylation is 1. The molecule has 2 heterocycles. The monoisotopic (exact) mass is 330 g/mol. The number of piperazine rings is 1. The molecule has 0 aliphatic carbocycles. The summed E-state index contributed by atoms with van der Waals surface area (Å²) in [5.74, 6) is 1.97. The van der Waals surface area contributed by atoms with Crippen LogP contribution in [0, 0.1) is 0 Å². The Morgan fingerprint density at radius 3 is 2.75 bits per heavy atom. The number of hydrogen-bond donors (Lipinski definition) is 1. The molecule has 0 saturated carbocycles. The van der Waals surface area contributed by atoms with Crippen molar-refractivity contribution in [2.45, 2.75) is 19.8 Å². The van der Waals surface area contributed by atoms with E-state index in [2.05, 4.69) is 15.5 Å². The van der Waals surface area contributed by atoms with E-state index in [1.807, 2.05) is 36.1 Å². The molecule has 0 unspecified atom stereocenters. The van der Waals surface area contributed by atoms with E-state index in [0.29, 0.717) is 31.2 Å². The number of aromatic nitrogens is 2. The molecule has 7 heteroatoms. The van der Waals surface area contributed by atoms with Crippen molar-refractivity contribution in [3.63, 3.8) is 0 Å². The van der Waals surface area contributed by atoms with Gasteiger partial charge in [0.1, 0.15) is 5.75 Å². The minimum atomic E-state index is 0.136. The molecule has 7 nitrogen and oxygen atoms in total. The van der Waals surface area contributed by atoms with Gasteiger partial charge < -0.3 is 19.5 Å². The lowest BCUT2D eigenvalue weighted by atomic mass is 10.2. The summed E-state index contributed by atoms with van der Waals surface area (Å²) < 4.78 is 10.7. The van der Waals surface area contributed by atoms with E-state index in [4.69, 9.17) is 9.26 Å². The summed E-state index contributed by atoms with van der Waals surface area (Å²) in [5.41, 5.74) is 0.863. The van der Waals surface area contributed by atoms with Crippen LogP contribution in [0.15, 0.2) is 28.8 Å². The minimum absolute atomic E-state index is 0.136. The molecule has 1 fully saturated rings. The first kappa shape index (κ1) is 16.4. The third-order valence-electron chi connectivity index (χ3n) is 3.91. The fourth-order valence-corrected chi connectivity index (χ4v) is 2.63. The second-order valence-corrected chi connectivity index (χ2v) is 5.60. The van der Waals surface area contributed by atoms with Crippen molar-refractivity contribution in [1.82, 2.24) is 20.4 Å². The normalized spacial score (nSPS) is 14.6. The summed E-state index contributed by atoms with van der Waals surface area (Å²) in [7, 11) is 0. The molecule has 1 amide bonds. The average Bonchev–Trinajstić information content (AvgIpc) is 3.10. The van der Waals surface area contributed by atoms with E-state index >= 15 is 0 Å². The quantitative estimate of drug-likeness (QED) is 0.864. The maximum Gasteiger partial charge on any atom is 0.227 e. The molecule has 3 rings (SSSR count). The molecule has 0 radical (unpaired) electrons. The Hall–Kier alpha value is -2.41. The van der Waals surface area contributed by atoms with Gasteiger partial charge in [-0.3, -0.25) is 4.79 Å². The molecule has 24 heavy (non-hydrogen) atoms. The Morgan fingerprint density at radius 2 is 2.04 bits per heavy atom. The van der Waals surface area contributed by atoms with Gasteiger partial charge in [0.05, 0.1) is 6.61 Å². The Kier molecular flexibility index (Phi) is 5.43. The average molecular weight is 330 g/mol. The van der Waals surface area contributed by atoms with Gasteiger partial charge in [-0.1, -0.05) is 5.16 Å². The molecule has 0 atom stereocenters. The van der Waals surface area contributed by atoms with Crippen molar-refractivity contribution < 1.29 is 14.1 Å². The van der Waals surface area contributed by atoms with E-state index in [0.717, 1.165) is 37.5 Å². The molecular weight excluding hydrogens is 308 g/mol. The molecule has 1 N–H and O–H groups in total. The zero-order valence-corrected chi connectivity index (χ0v) is 13.8. The molecule has 128 valence electrons. The zero-order valence-electron chi connectivity index (χ0n) is 13.8. The van der Waals surface area contributed by atoms with Gasteiger partial charge in [-0.15, -0.1) is 0 Å². The third-order valence-corrected chi connectivity index (χ3v) is 3.91. The number of hydrogen-bond acceptors (Lipinski definition) is 6. The number of carbonyl (C=O) groups is 1. The molecule has 0 spiro atoms. The Balaban J connectivity index is 1.56. The van der Waals surface area contributed by atoms with E-state index in [1.165, 1.54) is 0 Å². The second-order valence-electron chi connectivity index (χ2n) is 5.60. The van der Waals surface area contributed by atoms with E-state index in [1.54, 1.807) is 0 Å². The van der Waals surface area contributed by atoms with E-state index in [9.17, 15) is 4.79 Å². The van der Waals surface area contributed by atoms with Crippen LogP contribution in [0.1, 0.15) is 19.2 Å². The molecule has 1 aliphatic rings. The fourth-order valence-electron chi connectivity index (χ4n) is 2.63. The van der Waals surface area contributed by atoms with Gasteiger partial charge in [0.25, 0.3) is 0 Å². The van der Waals surface area contributed by atoms with Crippen LogP contribution in [0.25, 0.3) is 11.4 Å². The summed E-state index contributed by atoms with van der Waals surface area (Å²) in [6.45, 7) is 5.82. The predicted octanol–water partition coefficient (Wildman–Crippen LogP) is 1.50. The SMILES string of the molecule is CCOc1ccc(-c2noc(CCC(=O)N3CCNCC3)n2)cc1. The number of carbonyl (C=O) groups excluding carboxylic acids is 1. The van der Waals surface area contributed by atoms with Gasteiger partial charge >= 0.3 is 0 Å². The highest BCUT2D eigenvalue weighted by molar-refractivity contribution is 5.76. The van der Waals surface area contributed by atoms with Gasteiger partial charge in [-0.05, 0) is 31.2 Å². The van der Waals surface area contributed by atoms with Gasteiger partial charge in [-0.25, -0.2) is 0 Å². The third kappa shape index (κ3) is 4.11. The van der Waals surface area contributed by atoms with E-state index in [-0.39, 0.29) is 5.91 Å². The van der Waals surface area contributed by atoms with Crippen LogP contribution in [0.5, 0.6) is 5.75 Å². The lowest BCUT2D eigenvalue weighted by Gasteiger charge is -2.27. The summed E-state index contributed by atoms with van der Waals surface area (Å²) in [6, 6.07) is 7.54. The molecule has 1 aliphatic heterocycles. The second kappa shape index (κ2) is 7.92. The highest BCUT2D eigenvalue weighted by Crippen LogP contribution is 2.20. The first-order chi connectivity index (χ1) is 11.8. The highest BCUT2D eigenvalue weighted by Gasteiger charge is 2.17. The van der Waals surface area contributed by atoms with Crippen LogP contribution >= 0.6 is 0 Å². The Bertz CT molecular complexity index is 663. The summed E-state index contributed by atoms with van der Waals surface area (Å²) >= 11 is 0. The van der Waals surface area contributed by atoms with Crippen LogP contribution in [0.3, 0.4) is 0 Å². The summed E-state index contributed by atoms with van der Waals surface area (Å²) in [6.07, 6.45) is 0.859. The van der Waals surface area contributed by atoms with Crippen LogP contribution in [-0.4, -0.2) is 53.7 Å². The van der Waals surface area contributed by atoms with Crippen molar-refractivity contribution in [3.8, 4) is 17.1 Å². The smallest absolute Gasteiger partial charge is 0.227 e. The molecular formula is C17H22N4O3. The van der Waals surface area contributed by atoms with Crippen molar-refractivity contribution in [1.29, 1.82) is 0 Å². The summed E-state index contributed by atoms with van der Waals surface area (Å²) in [5, 5.41) is 7.22. The first-order valence-corrected chi connectivity index (χ1v) is 8.30.